The summed E-state index contributed by atoms with van der Waals surface area (Å²) in [5.74, 6) is -0.0575. The Morgan fingerprint density at radius 2 is 1.76 bits per heavy atom. The summed E-state index contributed by atoms with van der Waals surface area (Å²) < 4.78 is 16.2. The van der Waals surface area contributed by atoms with Crippen molar-refractivity contribution in [3.8, 4) is 11.5 Å². The van der Waals surface area contributed by atoms with Crippen molar-refractivity contribution in [2.24, 2.45) is 10.9 Å². The van der Waals surface area contributed by atoms with Gasteiger partial charge in [-0.2, -0.15) is 0 Å². The summed E-state index contributed by atoms with van der Waals surface area (Å²) in [4.78, 5) is 31.5. The van der Waals surface area contributed by atoms with Crippen LogP contribution in [-0.2, 0) is 14.3 Å². The summed E-state index contributed by atoms with van der Waals surface area (Å²) in [6.45, 7) is 5.95. The fraction of sp³-hybridized carbons (Fsp3) is 0.393. The number of rotatable bonds is 6. The maximum absolute atomic E-state index is 13.7. The van der Waals surface area contributed by atoms with Crippen LogP contribution in [-0.4, -0.2) is 38.3 Å². The van der Waals surface area contributed by atoms with Crippen molar-refractivity contribution in [3.05, 3.63) is 70.4 Å². The minimum Gasteiger partial charge on any atom is -0.493 e. The number of aliphatic imine (C=N–C) groups is 1. The Kier molecular flexibility index (Phi) is 6.87. The monoisotopic (exact) mass is 461 g/mol. The summed E-state index contributed by atoms with van der Waals surface area (Å²) in [5, 5.41) is 0. The highest BCUT2D eigenvalue weighted by Gasteiger charge is 2.45. The van der Waals surface area contributed by atoms with Gasteiger partial charge in [0.15, 0.2) is 17.3 Å². The van der Waals surface area contributed by atoms with Crippen molar-refractivity contribution in [3.63, 3.8) is 0 Å². The normalized spacial score (nSPS) is 22.1. The zero-order chi connectivity index (χ0) is 24.4. The molecule has 0 saturated heterocycles. The number of carbonyl (C=O) groups is 2. The molecule has 0 aromatic heterocycles. The van der Waals surface area contributed by atoms with Crippen molar-refractivity contribution in [1.29, 1.82) is 0 Å². The molecule has 6 nitrogen and oxygen atoms in total. The molecule has 2 aromatic carbocycles. The molecule has 0 N–H and O–H groups in total. The number of allylic oxidation sites excluding steroid dienone is 2. The molecule has 178 valence electrons. The lowest BCUT2D eigenvalue weighted by Crippen LogP contribution is -2.38. The average Bonchev–Trinajstić information content (AvgIpc) is 2.83. The van der Waals surface area contributed by atoms with Crippen molar-refractivity contribution >= 4 is 17.5 Å². The number of benzene rings is 2. The van der Waals surface area contributed by atoms with E-state index in [0.717, 1.165) is 22.4 Å². The summed E-state index contributed by atoms with van der Waals surface area (Å²) >= 11 is 0. The minimum atomic E-state index is -0.610. The van der Waals surface area contributed by atoms with Gasteiger partial charge in [-0.1, -0.05) is 30.3 Å². The third kappa shape index (κ3) is 4.25. The van der Waals surface area contributed by atoms with Gasteiger partial charge in [-0.05, 0) is 61.9 Å². The number of hydrogen-bond acceptors (Lipinski definition) is 6. The average molecular weight is 462 g/mol. The molecule has 1 unspecified atom stereocenters. The van der Waals surface area contributed by atoms with Gasteiger partial charge in [0.05, 0.1) is 20.8 Å². The van der Waals surface area contributed by atoms with Crippen molar-refractivity contribution in [1.82, 2.24) is 0 Å². The molecule has 1 aliphatic heterocycles. The van der Waals surface area contributed by atoms with E-state index in [0.29, 0.717) is 35.6 Å². The van der Waals surface area contributed by atoms with Crippen LogP contribution in [0.25, 0.3) is 0 Å². The molecule has 1 aliphatic carbocycles. The van der Waals surface area contributed by atoms with E-state index in [1.807, 2.05) is 56.3 Å². The SMILES string of the molecule is CCOC(=O)C1C(C)=NC2=C(C(=O)C[C@H](c3ccc(OC)c(OC)c3)C2)[C@@H]1c1ccccc1C. The number of ether oxygens (including phenoxy) is 3. The topological polar surface area (TPSA) is 74.2 Å². The molecule has 0 amide bonds. The smallest absolute Gasteiger partial charge is 0.315 e. The highest BCUT2D eigenvalue weighted by atomic mass is 16.5. The van der Waals surface area contributed by atoms with E-state index in [9.17, 15) is 9.59 Å². The maximum Gasteiger partial charge on any atom is 0.315 e. The first-order valence-electron chi connectivity index (χ1n) is 11.6. The van der Waals surface area contributed by atoms with Gasteiger partial charge in [0.2, 0.25) is 0 Å². The van der Waals surface area contributed by atoms with Crippen LogP contribution in [0.4, 0.5) is 0 Å². The van der Waals surface area contributed by atoms with E-state index in [1.54, 1.807) is 21.1 Å². The number of hydrogen-bond donors (Lipinski definition) is 0. The first kappa shape index (κ1) is 23.7. The second kappa shape index (κ2) is 9.84. The van der Waals surface area contributed by atoms with Crippen molar-refractivity contribution in [2.75, 3.05) is 20.8 Å². The summed E-state index contributed by atoms with van der Waals surface area (Å²) in [7, 11) is 3.20. The van der Waals surface area contributed by atoms with E-state index in [2.05, 4.69) is 0 Å². The van der Waals surface area contributed by atoms with Crippen LogP contribution in [0, 0.1) is 12.8 Å². The van der Waals surface area contributed by atoms with E-state index in [1.165, 1.54) is 0 Å². The maximum atomic E-state index is 13.7. The van der Waals surface area contributed by atoms with E-state index in [4.69, 9.17) is 19.2 Å². The molecule has 2 aliphatic rings. The van der Waals surface area contributed by atoms with Crippen LogP contribution in [0.2, 0.25) is 0 Å². The van der Waals surface area contributed by atoms with Crippen LogP contribution in [0.15, 0.2) is 58.7 Å². The number of carbonyl (C=O) groups excluding carboxylic acids is 2. The van der Waals surface area contributed by atoms with Gasteiger partial charge >= 0.3 is 5.97 Å². The Hall–Kier alpha value is -3.41. The fourth-order valence-electron chi connectivity index (χ4n) is 5.21. The molecular weight excluding hydrogens is 430 g/mol. The molecular formula is C28H31NO5. The molecule has 1 heterocycles. The molecule has 2 aromatic rings. The third-order valence-electron chi connectivity index (χ3n) is 6.83. The molecule has 0 radical (unpaired) electrons. The van der Waals surface area contributed by atoms with Gasteiger partial charge in [0.1, 0.15) is 5.92 Å². The van der Waals surface area contributed by atoms with Crippen LogP contribution >= 0.6 is 0 Å². The van der Waals surface area contributed by atoms with E-state index in [-0.39, 0.29) is 24.3 Å². The molecule has 6 heteroatoms. The van der Waals surface area contributed by atoms with Crippen molar-refractivity contribution in [2.45, 2.75) is 45.4 Å². The largest absolute Gasteiger partial charge is 0.493 e. The Labute approximate surface area is 200 Å². The van der Waals surface area contributed by atoms with Gasteiger partial charge in [-0.25, -0.2) is 0 Å². The van der Waals surface area contributed by atoms with Crippen LogP contribution in [0.1, 0.15) is 55.2 Å². The zero-order valence-corrected chi connectivity index (χ0v) is 20.4. The molecule has 0 saturated carbocycles. The summed E-state index contributed by atoms with van der Waals surface area (Å²) in [6.07, 6.45) is 0.965. The van der Waals surface area contributed by atoms with Crippen LogP contribution < -0.4 is 9.47 Å². The molecule has 0 bridgehead atoms. The number of esters is 1. The van der Waals surface area contributed by atoms with Gasteiger partial charge in [0.25, 0.3) is 0 Å². The Bertz CT molecular complexity index is 1180. The number of methoxy groups -OCH3 is 2. The van der Waals surface area contributed by atoms with Gasteiger partial charge in [-0.3, -0.25) is 14.6 Å². The summed E-state index contributed by atoms with van der Waals surface area (Å²) in [6, 6.07) is 13.7. The Balaban J connectivity index is 1.79. The van der Waals surface area contributed by atoms with Crippen LogP contribution in [0.3, 0.4) is 0 Å². The lowest BCUT2D eigenvalue weighted by Gasteiger charge is -2.37. The minimum absolute atomic E-state index is 0.0276. The number of aryl methyl sites for hydroxylation is 1. The predicted molar refractivity (Wildman–Crippen MR) is 131 cm³/mol. The van der Waals surface area contributed by atoms with Gasteiger partial charge < -0.3 is 14.2 Å². The van der Waals surface area contributed by atoms with E-state index < -0.39 is 11.8 Å². The lowest BCUT2D eigenvalue weighted by atomic mass is 9.68. The second-order valence-corrected chi connectivity index (χ2v) is 8.82. The highest BCUT2D eigenvalue weighted by molar-refractivity contribution is 6.09. The van der Waals surface area contributed by atoms with Gasteiger partial charge in [-0.15, -0.1) is 0 Å². The summed E-state index contributed by atoms with van der Waals surface area (Å²) in [5.41, 5.74) is 5.12. The van der Waals surface area contributed by atoms with Gasteiger partial charge in [0, 0.05) is 29.3 Å². The number of Topliss-reactive ketones (excluding diaryl/α,β-unsaturated/α-hetero) is 1. The van der Waals surface area contributed by atoms with E-state index >= 15 is 0 Å². The fourth-order valence-corrected chi connectivity index (χ4v) is 5.21. The number of nitrogens with zero attached hydrogens (tertiary/aromatic N) is 1. The molecule has 4 rings (SSSR count). The Morgan fingerprint density at radius 3 is 2.44 bits per heavy atom. The lowest BCUT2D eigenvalue weighted by molar-refractivity contribution is -0.146. The Morgan fingerprint density at radius 1 is 1.03 bits per heavy atom. The highest BCUT2D eigenvalue weighted by Crippen LogP contribution is 2.48. The predicted octanol–water partition coefficient (Wildman–Crippen LogP) is 5.15. The first-order valence-corrected chi connectivity index (χ1v) is 11.6. The quantitative estimate of drug-likeness (QED) is 0.556. The standard InChI is InChI=1S/C28H31NO5/c1-6-34-28(31)25-17(3)29-21-13-19(18-11-12-23(32-4)24(15-18)33-5)14-22(30)27(21)26(25)20-10-8-7-9-16(20)2/h7-12,15,19,25-26H,6,13-14H2,1-5H3/t19-,25?,26-/m1/s1. The number of ketones is 1. The molecule has 0 spiro atoms. The zero-order valence-electron chi connectivity index (χ0n) is 20.4. The molecule has 34 heavy (non-hydrogen) atoms. The second-order valence-electron chi connectivity index (χ2n) is 8.82. The van der Waals surface area contributed by atoms with Crippen LogP contribution in [0.5, 0.6) is 11.5 Å². The molecule has 0 fully saturated rings. The third-order valence-corrected chi connectivity index (χ3v) is 6.83. The first-order chi connectivity index (χ1) is 16.4. The van der Waals surface area contributed by atoms with Crippen molar-refractivity contribution < 1.29 is 23.8 Å². The molecule has 3 atom stereocenters.